The molecule has 4 aromatic rings. The molecule has 3 N–H and O–H groups in total. The van der Waals surface area contributed by atoms with Crippen LogP contribution in [0.5, 0.6) is 0 Å². The van der Waals surface area contributed by atoms with E-state index in [0.717, 1.165) is 22.3 Å². The largest absolute Gasteiger partial charge is 0.449 e. The van der Waals surface area contributed by atoms with Crippen LogP contribution in [0.25, 0.3) is 11.1 Å². The highest BCUT2D eigenvalue weighted by atomic mass is 19.1. The Morgan fingerprint density at radius 2 is 1.44 bits per heavy atom. The number of alkyl carbamates (subject to hydrolysis) is 2. The first-order chi connectivity index (χ1) is 24.9. The predicted octanol–water partition coefficient (Wildman–Crippen LogP) is 7.41. The molecule has 2 aliphatic rings. The van der Waals surface area contributed by atoms with Crippen LogP contribution in [0.2, 0.25) is 0 Å². The summed E-state index contributed by atoms with van der Waals surface area (Å²) in [5.74, 6) is -1.32. The van der Waals surface area contributed by atoms with E-state index in [1.54, 1.807) is 62.1 Å². The number of fused-ring (bicyclic) bond motifs is 3. The van der Waals surface area contributed by atoms with Crippen LogP contribution in [0, 0.1) is 11.6 Å². The number of nitrogens with one attached hydrogen (secondary N) is 3. The van der Waals surface area contributed by atoms with Gasteiger partial charge in [0.25, 0.3) is 0 Å². The van der Waals surface area contributed by atoms with Gasteiger partial charge in [0.15, 0.2) is 0 Å². The number of anilines is 1. The van der Waals surface area contributed by atoms with E-state index in [4.69, 9.17) is 9.47 Å². The van der Waals surface area contributed by atoms with Crippen molar-refractivity contribution in [3.05, 3.63) is 125 Å². The zero-order chi connectivity index (χ0) is 36.8. The third-order valence-electron chi connectivity index (χ3n) is 9.37. The minimum atomic E-state index is -0.798. The van der Waals surface area contributed by atoms with E-state index in [2.05, 4.69) is 28.1 Å². The topological polar surface area (TPSA) is 109 Å². The fraction of sp³-hybridized carbons (Fsp3) is 0.341. The van der Waals surface area contributed by atoms with Crippen molar-refractivity contribution < 1.29 is 32.6 Å². The Morgan fingerprint density at radius 3 is 2.10 bits per heavy atom. The van der Waals surface area contributed by atoms with Crippen LogP contribution in [0.4, 0.5) is 24.1 Å². The molecule has 0 aromatic heterocycles. The normalized spacial score (nSPS) is 17.1. The third-order valence-corrected chi connectivity index (χ3v) is 9.37. The van der Waals surface area contributed by atoms with Gasteiger partial charge < -0.3 is 30.3 Å². The van der Waals surface area contributed by atoms with Gasteiger partial charge in [-0.2, -0.15) is 0 Å². The molecule has 1 aliphatic heterocycles. The van der Waals surface area contributed by atoms with Gasteiger partial charge >= 0.3 is 12.2 Å². The molecule has 11 heteroatoms. The number of carbonyl (C=O) groups is 3. The Balaban J connectivity index is 1.15. The minimum absolute atomic E-state index is 0.0467. The highest BCUT2D eigenvalue weighted by Crippen LogP contribution is 2.44. The second-order valence-corrected chi connectivity index (χ2v) is 14.3. The Morgan fingerprint density at radius 1 is 0.827 bits per heavy atom. The summed E-state index contributed by atoms with van der Waals surface area (Å²) in [5, 5.41) is 8.79. The first kappa shape index (κ1) is 36.3. The monoisotopic (exact) mass is 710 g/mol. The summed E-state index contributed by atoms with van der Waals surface area (Å²) < 4.78 is 40.5. The molecule has 3 atom stereocenters. The molecule has 1 heterocycles. The van der Waals surface area contributed by atoms with Gasteiger partial charge in [0.2, 0.25) is 5.91 Å². The zero-order valence-electron chi connectivity index (χ0n) is 29.5. The molecule has 3 amide bonds. The van der Waals surface area contributed by atoms with Gasteiger partial charge in [0.1, 0.15) is 23.8 Å². The van der Waals surface area contributed by atoms with Crippen molar-refractivity contribution in [2.75, 3.05) is 25.0 Å². The van der Waals surface area contributed by atoms with E-state index in [-0.39, 0.29) is 50.1 Å². The van der Waals surface area contributed by atoms with Crippen molar-refractivity contribution in [3.8, 4) is 11.1 Å². The minimum Gasteiger partial charge on any atom is -0.449 e. The molecule has 52 heavy (non-hydrogen) atoms. The lowest BCUT2D eigenvalue weighted by Gasteiger charge is -2.28. The number of halogens is 2. The van der Waals surface area contributed by atoms with E-state index in [1.807, 2.05) is 36.4 Å². The Bertz CT molecular complexity index is 1870. The smallest absolute Gasteiger partial charge is 0.407 e. The number of rotatable bonds is 11. The molecule has 6 rings (SSSR count). The molecular weight excluding hydrogens is 666 g/mol. The highest BCUT2D eigenvalue weighted by molar-refractivity contribution is 5.80. The average Bonchev–Trinajstić information content (AvgIpc) is 3.65. The first-order valence-corrected chi connectivity index (χ1v) is 17.6. The fourth-order valence-corrected chi connectivity index (χ4v) is 7.07. The molecule has 4 aromatic carbocycles. The van der Waals surface area contributed by atoms with E-state index in [0.29, 0.717) is 12.0 Å². The van der Waals surface area contributed by atoms with Gasteiger partial charge in [0.05, 0.1) is 17.8 Å². The van der Waals surface area contributed by atoms with Gasteiger partial charge in [0, 0.05) is 31.5 Å². The maximum Gasteiger partial charge on any atom is 0.407 e. The van der Waals surface area contributed by atoms with E-state index in [9.17, 15) is 23.2 Å². The van der Waals surface area contributed by atoms with Crippen molar-refractivity contribution in [2.24, 2.45) is 0 Å². The van der Waals surface area contributed by atoms with Gasteiger partial charge in [-0.15, -0.1) is 0 Å². The van der Waals surface area contributed by atoms with Crippen LogP contribution < -0.4 is 16.0 Å². The van der Waals surface area contributed by atoms with E-state index in [1.165, 1.54) is 12.1 Å². The molecule has 272 valence electrons. The lowest BCUT2D eigenvalue weighted by Crippen LogP contribution is -2.46. The molecule has 0 saturated carbocycles. The van der Waals surface area contributed by atoms with Crippen LogP contribution in [0.15, 0.2) is 97.1 Å². The fourth-order valence-electron chi connectivity index (χ4n) is 7.07. The lowest BCUT2D eigenvalue weighted by atomic mass is 9.98. The van der Waals surface area contributed by atoms with Crippen LogP contribution in [0.3, 0.4) is 0 Å². The predicted molar refractivity (Wildman–Crippen MR) is 195 cm³/mol. The zero-order valence-corrected chi connectivity index (χ0v) is 29.5. The standard InChI is InChI=1S/C41H44F2N4O5/c1-41(2,3)52-40(50)45-27(20-26-12-4-9-17-35(26)42)22-38(48)47-24-28(21-29(47)23-44-37-19-11-10-18-36(37)43)46-39(49)51-25-34-32-15-7-5-13-30(32)31-14-6-8-16-33(31)34/h4-19,27-29,34,44H,20-25H2,1-3H3,(H,45,50)(H,46,49)/t27-,28?,29?/m1/s1. The second-order valence-electron chi connectivity index (χ2n) is 14.3. The average molecular weight is 711 g/mol. The third kappa shape index (κ3) is 8.88. The van der Waals surface area contributed by atoms with Gasteiger partial charge in [-0.05, 0) is 79.6 Å². The summed E-state index contributed by atoms with van der Waals surface area (Å²) in [6.07, 6.45) is -1.08. The molecule has 2 unspecified atom stereocenters. The second kappa shape index (κ2) is 15.8. The van der Waals surface area contributed by atoms with Crippen LogP contribution in [-0.2, 0) is 20.7 Å². The van der Waals surface area contributed by atoms with Gasteiger partial charge in [-0.1, -0.05) is 78.9 Å². The van der Waals surface area contributed by atoms with E-state index < -0.39 is 47.5 Å². The van der Waals surface area contributed by atoms with Crippen molar-refractivity contribution >= 4 is 23.8 Å². The number of benzene rings is 4. The summed E-state index contributed by atoms with van der Waals surface area (Å²) >= 11 is 0. The maximum absolute atomic E-state index is 14.7. The summed E-state index contributed by atoms with van der Waals surface area (Å²) in [5.41, 5.74) is 4.27. The maximum atomic E-state index is 14.7. The summed E-state index contributed by atoms with van der Waals surface area (Å²) in [6, 6.07) is 26.9. The summed E-state index contributed by atoms with van der Waals surface area (Å²) in [6.45, 7) is 5.68. The highest BCUT2D eigenvalue weighted by Gasteiger charge is 2.38. The van der Waals surface area contributed by atoms with Crippen molar-refractivity contribution in [1.29, 1.82) is 0 Å². The molecule has 9 nitrogen and oxygen atoms in total. The van der Waals surface area contributed by atoms with Crippen LogP contribution in [-0.4, -0.2) is 66.4 Å². The Kier molecular flexibility index (Phi) is 11.1. The van der Waals surface area contributed by atoms with E-state index >= 15 is 0 Å². The SMILES string of the molecule is CC(C)(C)OC(=O)N[C@@H](CC(=O)N1CC(NC(=O)OCC2c3ccccc3-c3ccccc32)CC1CNc1ccccc1F)Cc1ccccc1F. The number of para-hydroxylation sites is 1. The Labute approximate surface area is 302 Å². The van der Waals surface area contributed by atoms with Crippen molar-refractivity contribution in [1.82, 2.24) is 15.5 Å². The molecule has 0 radical (unpaired) electrons. The number of amides is 3. The van der Waals surface area contributed by atoms with Gasteiger partial charge in [-0.3, -0.25) is 4.79 Å². The Hall–Kier alpha value is -5.45. The lowest BCUT2D eigenvalue weighted by molar-refractivity contribution is -0.132. The molecule has 0 spiro atoms. The van der Waals surface area contributed by atoms with Crippen molar-refractivity contribution in [2.45, 2.75) is 69.7 Å². The molecule has 1 saturated heterocycles. The molecule has 1 fully saturated rings. The summed E-state index contributed by atoms with van der Waals surface area (Å²) in [4.78, 5) is 41.7. The van der Waals surface area contributed by atoms with Crippen LogP contribution in [0.1, 0.15) is 56.2 Å². The molecule has 0 bridgehead atoms. The summed E-state index contributed by atoms with van der Waals surface area (Å²) in [7, 11) is 0. The van der Waals surface area contributed by atoms with Crippen molar-refractivity contribution in [3.63, 3.8) is 0 Å². The van der Waals surface area contributed by atoms with Gasteiger partial charge in [-0.25, -0.2) is 18.4 Å². The number of carbonyl (C=O) groups excluding carboxylic acids is 3. The number of ether oxygens (including phenoxy) is 2. The number of hydrogen-bond donors (Lipinski definition) is 3. The van der Waals surface area contributed by atoms with Crippen LogP contribution >= 0.6 is 0 Å². The molecule has 1 aliphatic carbocycles. The number of nitrogens with zero attached hydrogens (tertiary/aromatic N) is 1. The first-order valence-electron chi connectivity index (χ1n) is 17.6. The number of likely N-dealkylation sites (tertiary alicyclic amines) is 1. The quantitative estimate of drug-likeness (QED) is 0.150. The number of hydrogen-bond acceptors (Lipinski definition) is 6. The molecular formula is C41H44F2N4O5.